The number of phenolic OH excluding ortho intramolecular Hbond substituents is 1. The Morgan fingerprint density at radius 1 is 1.37 bits per heavy atom. The van der Waals surface area contributed by atoms with Gasteiger partial charge in [0.05, 0.1) is 6.54 Å². The third-order valence-corrected chi connectivity index (χ3v) is 3.42. The summed E-state index contributed by atoms with van der Waals surface area (Å²) < 4.78 is 10.0. The molecule has 0 heterocycles. The van der Waals surface area contributed by atoms with Crippen LogP contribution in [-0.2, 0) is 14.3 Å². The van der Waals surface area contributed by atoms with Gasteiger partial charge in [0.15, 0.2) is 6.29 Å². The van der Waals surface area contributed by atoms with Gasteiger partial charge in [0.1, 0.15) is 5.75 Å². The summed E-state index contributed by atoms with van der Waals surface area (Å²) in [6.45, 7) is 0.352. The Hall–Kier alpha value is -1.59. The third kappa shape index (κ3) is 3.45. The molecule has 1 aromatic carbocycles. The number of hydrogen-bond donors (Lipinski definition) is 2. The Labute approximate surface area is 112 Å². The lowest BCUT2D eigenvalue weighted by Crippen LogP contribution is -2.35. The first kappa shape index (κ1) is 13.8. The highest BCUT2D eigenvalue weighted by Gasteiger charge is 2.43. The van der Waals surface area contributed by atoms with E-state index in [-0.39, 0.29) is 23.5 Å². The molecule has 1 aliphatic rings. The summed E-state index contributed by atoms with van der Waals surface area (Å²) in [4.78, 5) is 11.9. The zero-order chi connectivity index (χ0) is 13.8. The van der Waals surface area contributed by atoms with Crippen molar-refractivity contribution >= 4 is 5.91 Å². The van der Waals surface area contributed by atoms with Crippen molar-refractivity contribution in [2.24, 2.45) is 5.92 Å². The van der Waals surface area contributed by atoms with Gasteiger partial charge in [0.25, 0.3) is 0 Å². The first-order valence-corrected chi connectivity index (χ1v) is 6.28. The molecule has 0 aromatic heterocycles. The highest BCUT2D eigenvalue weighted by molar-refractivity contribution is 5.82. The summed E-state index contributed by atoms with van der Waals surface area (Å²) in [6.07, 6.45) is 0.441. The quantitative estimate of drug-likeness (QED) is 0.759. The molecule has 19 heavy (non-hydrogen) atoms. The molecule has 104 valence electrons. The van der Waals surface area contributed by atoms with Gasteiger partial charge < -0.3 is 19.9 Å². The average Bonchev–Trinajstić information content (AvgIpc) is 3.21. The Balaban J connectivity index is 1.82. The fraction of sp³-hybridized carbons (Fsp3) is 0.500. The van der Waals surface area contributed by atoms with Crippen LogP contribution < -0.4 is 5.32 Å². The number of carbonyl (C=O) groups excluding carboxylic acids is 1. The monoisotopic (exact) mass is 265 g/mol. The number of hydrogen-bond acceptors (Lipinski definition) is 4. The van der Waals surface area contributed by atoms with Crippen LogP contribution in [0, 0.1) is 5.92 Å². The molecule has 2 atom stereocenters. The molecular weight excluding hydrogens is 246 g/mol. The summed E-state index contributed by atoms with van der Waals surface area (Å²) in [5.74, 6) is 0.536. The molecule has 1 aromatic rings. The van der Waals surface area contributed by atoms with Gasteiger partial charge in [-0.2, -0.15) is 0 Å². The lowest BCUT2D eigenvalue weighted by Gasteiger charge is -2.13. The second kappa shape index (κ2) is 6.04. The first-order valence-electron chi connectivity index (χ1n) is 6.28. The minimum absolute atomic E-state index is 0.0129. The van der Waals surface area contributed by atoms with Crippen molar-refractivity contribution in [3.05, 3.63) is 29.8 Å². The van der Waals surface area contributed by atoms with Crippen LogP contribution in [0.1, 0.15) is 17.9 Å². The smallest absolute Gasteiger partial charge is 0.223 e. The van der Waals surface area contributed by atoms with E-state index >= 15 is 0 Å². The minimum atomic E-state index is -0.408. The number of rotatable bonds is 6. The Morgan fingerprint density at radius 2 is 2.00 bits per heavy atom. The molecule has 1 aliphatic carbocycles. The summed E-state index contributed by atoms with van der Waals surface area (Å²) in [7, 11) is 3.08. The molecule has 1 fully saturated rings. The lowest BCUT2D eigenvalue weighted by atomic mass is 10.1. The number of phenols is 1. The van der Waals surface area contributed by atoms with Crippen LogP contribution in [0.2, 0.25) is 0 Å². The molecule has 0 radical (unpaired) electrons. The van der Waals surface area contributed by atoms with Crippen molar-refractivity contribution in [1.82, 2.24) is 5.32 Å². The van der Waals surface area contributed by atoms with Crippen LogP contribution in [0.3, 0.4) is 0 Å². The zero-order valence-electron chi connectivity index (χ0n) is 11.1. The van der Waals surface area contributed by atoms with E-state index in [1.807, 2.05) is 12.1 Å². The molecule has 0 aliphatic heterocycles. The first-order chi connectivity index (χ1) is 9.15. The molecule has 0 spiro atoms. The number of benzene rings is 1. The molecule has 2 rings (SSSR count). The number of aromatic hydroxyl groups is 1. The summed E-state index contributed by atoms with van der Waals surface area (Å²) in [6, 6.07) is 7.02. The van der Waals surface area contributed by atoms with Gasteiger partial charge in [-0.15, -0.1) is 0 Å². The molecule has 0 saturated heterocycles. The third-order valence-electron chi connectivity index (χ3n) is 3.42. The molecule has 5 nitrogen and oxygen atoms in total. The number of amides is 1. The Morgan fingerprint density at radius 3 is 2.58 bits per heavy atom. The standard InChI is InChI=1S/C14H19NO4/c1-18-13(19-2)8-15-14(17)12-7-11(12)9-3-5-10(16)6-4-9/h3-6,11-13,16H,7-8H2,1-2H3,(H,15,17). The van der Waals surface area contributed by atoms with Crippen LogP contribution in [0.25, 0.3) is 0 Å². The fourth-order valence-corrected chi connectivity index (χ4v) is 2.15. The van der Waals surface area contributed by atoms with Crippen LogP contribution >= 0.6 is 0 Å². The zero-order valence-corrected chi connectivity index (χ0v) is 11.1. The molecule has 1 saturated carbocycles. The summed E-state index contributed by atoms with van der Waals surface area (Å²) in [5.41, 5.74) is 1.09. The Kier molecular flexibility index (Phi) is 4.39. The predicted molar refractivity (Wildman–Crippen MR) is 69.8 cm³/mol. The number of ether oxygens (including phenoxy) is 2. The van der Waals surface area contributed by atoms with Gasteiger partial charge in [-0.3, -0.25) is 4.79 Å². The van der Waals surface area contributed by atoms with Gasteiger partial charge in [-0.25, -0.2) is 0 Å². The van der Waals surface area contributed by atoms with E-state index in [2.05, 4.69) is 5.32 Å². The van der Waals surface area contributed by atoms with Gasteiger partial charge >= 0.3 is 0 Å². The van der Waals surface area contributed by atoms with Crippen LogP contribution in [0.5, 0.6) is 5.75 Å². The Bertz CT molecular complexity index is 428. The van der Waals surface area contributed by atoms with E-state index in [4.69, 9.17) is 9.47 Å². The maximum atomic E-state index is 11.9. The molecule has 2 unspecified atom stereocenters. The maximum absolute atomic E-state index is 11.9. The maximum Gasteiger partial charge on any atom is 0.223 e. The second-order valence-corrected chi connectivity index (χ2v) is 4.69. The van der Waals surface area contributed by atoms with E-state index in [1.165, 1.54) is 14.2 Å². The minimum Gasteiger partial charge on any atom is -0.508 e. The summed E-state index contributed by atoms with van der Waals surface area (Å²) >= 11 is 0. The van der Waals surface area contributed by atoms with Crippen molar-refractivity contribution < 1.29 is 19.4 Å². The number of carbonyl (C=O) groups is 1. The van der Waals surface area contributed by atoms with Gasteiger partial charge in [-0.1, -0.05) is 12.1 Å². The van der Waals surface area contributed by atoms with Crippen molar-refractivity contribution in [3.63, 3.8) is 0 Å². The number of nitrogens with one attached hydrogen (secondary N) is 1. The summed E-state index contributed by atoms with van der Waals surface area (Å²) in [5, 5.41) is 12.0. The van der Waals surface area contributed by atoms with Crippen molar-refractivity contribution in [2.75, 3.05) is 20.8 Å². The largest absolute Gasteiger partial charge is 0.508 e. The molecule has 2 N–H and O–H groups in total. The predicted octanol–water partition coefficient (Wildman–Crippen LogP) is 1.23. The lowest BCUT2D eigenvalue weighted by molar-refractivity contribution is -0.128. The highest BCUT2D eigenvalue weighted by atomic mass is 16.7. The van der Waals surface area contributed by atoms with Gasteiger partial charge in [0.2, 0.25) is 5.91 Å². The van der Waals surface area contributed by atoms with Crippen molar-refractivity contribution in [1.29, 1.82) is 0 Å². The topological polar surface area (TPSA) is 67.8 Å². The second-order valence-electron chi connectivity index (χ2n) is 4.69. The normalized spacial score (nSPS) is 21.4. The van der Waals surface area contributed by atoms with E-state index in [1.54, 1.807) is 12.1 Å². The molecule has 0 bridgehead atoms. The van der Waals surface area contributed by atoms with Gasteiger partial charge in [-0.05, 0) is 30.0 Å². The molecule has 1 amide bonds. The molecule has 5 heteroatoms. The van der Waals surface area contributed by atoms with Gasteiger partial charge in [0, 0.05) is 20.1 Å². The SMILES string of the molecule is COC(CNC(=O)C1CC1c1ccc(O)cc1)OC. The van der Waals surface area contributed by atoms with E-state index in [9.17, 15) is 9.90 Å². The van der Waals surface area contributed by atoms with E-state index in [0.717, 1.165) is 12.0 Å². The highest BCUT2D eigenvalue weighted by Crippen LogP contribution is 2.47. The fourth-order valence-electron chi connectivity index (χ4n) is 2.15. The van der Waals surface area contributed by atoms with Crippen LogP contribution in [0.15, 0.2) is 24.3 Å². The van der Waals surface area contributed by atoms with Crippen LogP contribution in [-0.4, -0.2) is 38.1 Å². The number of methoxy groups -OCH3 is 2. The van der Waals surface area contributed by atoms with Crippen LogP contribution in [0.4, 0.5) is 0 Å². The van der Waals surface area contributed by atoms with E-state index in [0.29, 0.717) is 6.54 Å². The molecular formula is C14H19NO4. The van der Waals surface area contributed by atoms with Crippen molar-refractivity contribution in [2.45, 2.75) is 18.6 Å². The van der Waals surface area contributed by atoms with E-state index < -0.39 is 6.29 Å². The average molecular weight is 265 g/mol. The van der Waals surface area contributed by atoms with Crippen molar-refractivity contribution in [3.8, 4) is 5.75 Å².